The zero-order valence-corrected chi connectivity index (χ0v) is 19.3. The summed E-state index contributed by atoms with van der Waals surface area (Å²) in [4.78, 5) is 30.1. The summed E-state index contributed by atoms with van der Waals surface area (Å²) in [6, 6.07) is 6.54. The molecule has 2 aliphatic heterocycles. The molecular formula is C24H30N4O5. The van der Waals surface area contributed by atoms with Crippen molar-refractivity contribution in [1.29, 1.82) is 0 Å². The summed E-state index contributed by atoms with van der Waals surface area (Å²) >= 11 is 0. The summed E-state index contributed by atoms with van der Waals surface area (Å²) in [5, 5.41) is 18.2. The first kappa shape index (κ1) is 23.0. The maximum Gasteiger partial charge on any atom is 0.295 e. The Kier molecular flexibility index (Phi) is 6.80. The number of likely N-dealkylation sites (tertiary alicyclic amines) is 1. The number of amides is 1. The van der Waals surface area contributed by atoms with Gasteiger partial charge in [0.15, 0.2) is 0 Å². The number of rotatable bonds is 7. The molecule has 1 aromatic carbocycles. The molecular weight excluding hydrogens is 424 g/mol. The lowest BCUT2D eigenvalue weighted by atomic mass is 9.94. The van der Waals surface area contributed by atoms with E-state index in [4.69, 9.17) is 9.47 Å². The first-order valence-corrected chi connectivity index (χ1v) is 11.2. The standard InChI is InChI=1S/C24H30N4O5/c1-15-19(16(2)26-25-15)22(29)20-21(17-5-7-18(32-3)8-6-17)28(24(31)23(20)30)10-4-9-27-11-13-33-14-12-27/h5-8,21,29H,4,9-14H2,1-3H3,(H,25,26). The molecule has 3 heterocycles. The number of nitrogens with one attached hydrogen (secondary N) is 1. The van der Waals surface area contributed by atoms with Crippen LogP contribution >= 0.6 is 0 Å². The molecule has 4 rings (SSSR count). The molecule has 2 saturated heterocycles. The number of aromatic amines is 1. The molecule has 1 atom stereocenters. The number of hydrogen-bond acceptors (Lipinski definition) is 7. The number of ether oxygens (including phenoxy) is 2. The van der Waals surface area contributed by atoms with Gasteiger partial charge < -0.3 is 19.5 Å². The number of aliphatic hydroxyl groups is 1. The summed E-state index contributed by atoms with van der Waals surface area (Å²) in [6.07, 6.45) is 0.712. The van der Waals surface area contributed by atoms with Crippen LogP contribution in [0.1, 0.15) is 35.0 Å². The maximum absolute atomic E-state index is 13.2. The minimum Gasteiger partial charge on any atom is -0.507 e. The monoisotopic (exact) mass is 454 g/mol. The van der Waals surface area contributed by atoms with Crippen LogP contribution in [0, 0.1) is 13.8 Å². The van der Waals surface area contributed by atoms with Crippen LogP contribution in [0.15, 0.2) is 29.8 Å². The van der Waals surface area contributed by atoms with E-state index < -0.39 is 17.7 Å². The van der Waals surface area contributed by atoms with Gasteiger partial charge in [0.1, 0.15) is 11.5 Å². The number of aromatic nitrogens is 2. The Morgan fingerprint density at radius 1 is 1.18 bits per heavy atom. The van der Waals surface area contributed by atoms with Crippen molar-refractivity contribution < 1.29 is 24.2 Å². The van der Waals surface area contributed by atoms with E-state index in [9.17, 15) is 14.7 Å². The Labute approximate surface area is 193 Å². The van der Waals surface area contributed by atoms with E-state index in [-0.39, 0.29) is 11.3 Å². The molecule has 33 heavy (non-hydrogen) atoms. The Balaban J connectivity index is 1.69. The molecule has 1 amide bonds. The van der Waals surface area contributed by atoms with Gasteiger partial charge in [-0.3, -0.25) is 19.6 Å². The summed E-state index contributed by atoms with van der Waals surface area (Å²) in [5.74, 6) is -0.809. The van der Waals surface area contributed by atoms with E-state index in [2.05, 4.69) is 15.1 Å². The molecule has 2 aromatic rings. The van der Waals surface area contributed by atoms with Gasteiger partial charge in [0.05, 0.1) is 43.2 Å². The fourth-order valence-electron chi connectivity index (χ4n) is 4.57. The first-order valence-electron chi connectivity index (χ1n) is 11.2. The fourth-order valence-corrected chi connectivity index (χ4v) is 4.57. The lowest BCUT2D eigenvalue weighted by Crippen LogP contribution is -2.38. The number of ketones is 1. The minimum absolute atomic E-state index is 0.0872. The minimum atomic E-state index is -0.686. The number of H-pyrrole nitrogens is 1. The predicted molar refractivity (Wildman–Crippen MR) is 122 cm³/mol. The van der Waals surface area contributed by atoms with Gasteiger partial charge in [-0.25, -0.2) is 0 Å². The summed E-state index contributed by atoms with van der Waals surface area (Å²) < 4.78 is 10.7. The van der Waals surface area contributed by atoms with Crippen LogP contribution in [0.2, 0.25) is 0 Å². The van der Waals surface area contributed by atoms with Crippen LogP contribution in [0.25, 0.3) is 5.76 Å². The van der Waals surface area contributed by atoms with Crippen molar-refractivity contribution in [2.75, 3.05) is 46.5 Å². The second-order valence-corrected chi connectivity index (χ2v) is 8.38. The van der Waals surface area contributed by atoms with Crippen LogP contribution in [-0.2, 0) is 14.3 Å². The summed E-state index contributed by atoms with van der Waals surface area (Å²) in [6.45, 7) is 7.87. The van der Waals surface area contributed by atoms with E-state index in [1.54, 1.807) is 38.0 Å². The normalized spacial score (nSPS) is 21.1. The van der Waals surface area contributed by atoms with Crippen molar-refractivity contribution in [3.05, 3.63) is 52.4 Å². The quantitative estimate of drug-likeness (QED) is 0.375. The third-order valence-electron chi connectivity index (χ3n) is 6.31. The largest absolute Gasteiger partial charge is 0.507 e. The van der Waals surface area contributed by atoms with Crippen LogP contribution < -0.4 is 4.74 Å². The van der Waals surface area contributed by atoms with Crippen molar-refractivity contribution >= 4 is 17.4 Å². The van der Waals surface area contributed by atoms with Crippen molar-refractivity contribution in [3.8, 4) is 5.75 Å². The summed E-state index contributed by atoms with van der Waals surface area (Å²) in [7, 11) is 1.58. The highest BCUT2D eigenvalue weighted by atomic mass is 16.5. The zero-order chi connectivity index (χ0) is 23.5. The Bertz CT molecular complexity index is 1030. The van der Waals surface area contributed by atoms with Gasteiger partial charge >= 0.3 is 0 Å². The van der Waals surface area contributed by atoms with Crippen LogP contribution in [0.4, 0.5) is 0 Å². The van der Waals surface area contributed by atoms with Crippen molar-refractivity contribution in [2.45, 2.75) is 26.3 Å². The number of morpholine rings is 1. The third-order valence-corrected chi connectivity index (χ3v) is 6.31. The average Bonchev–Trinajstić information content (AvgIpc) is 3.30. The SMILES string of the molecule is COc1ccc(C2C(=C(O)c3c(C)n[nH]c3C)C(=O)C(=O)N2CCCN2CCOCC2)cc1. The van der Waals surface area contributed by atoms with Crippen LogP contribution in [-0.4, -0.2) is 83.3 Å². The molecule has 9 nitrogen and oxygen atoms in total. The van der Waals surface area contributed by atoms with Gasteiger partial charge in [-0.15, -0.1) is 0 Å². The molecule has 176 valence electrons. The number of carbonyl (C=O) groups excluding carboxylic acids is 2. The second kappa shape index (κ2) is 9.76. The molecule has 0 bridgehead atoms. The number of carbonyl (C=O) groups is 2. The lowest BCUT2D eigenvalue weighted by molar-refractivity contribution is -0.140. The summed E-state index contributed by atoms with van der Waals surface area (Å²) in [5.41, 5.74) is 2.49. The number of aliphatic hydroxyl groups excluding tert-OH is 1. The fraction of sp³-hybridized carbons (Fsp3) is 0.458. The second-order valence-electron chi connectivity index (χ2n) is 8.38. The van der Waals surface area contributed by atoms with Crippen LogP contribution in [0.3, 0.4) is 0 Å². The highest BCUT2D eigenvalue weighted by Crippen LogP contribution is 2.40. The number of methoxy groups -OCH3 is 1. The van der Waals surface area contributed by atoms with E-state index in [1.165, 1.54) is 0 Å². The molecule has 0 radical (unpaired) electrons. The van der Waals surface area contributed by atoms with Crippen molar-refractivity contribution in [1.82, 2.24) is 20.0 Å². The van der Waals surface area contributed by atoms with Gasteiger partial charge in [0.2, 0.25) is 0 Å². The number of aryl methyl sites for hydroxylation is 2. The van der Waals surface area contributed by atoms with Crippen molar-refractivity contribution in [3.63, 3.8) is 0 Å². The van der Waals surface area contributed by atoms with Gasteiger partial charge in [0.25, 0.3) is 11.7 Å². The molecule has 2 N–H and O–H groups in total. The maximum atomic E-state index is 13.2. The predicted octanol–water partition coefficient (Wildman–Crippen LogP) is 2.18. The lowest BCUT2D eigenvalue weighted by Gasteiger charge is -2.29. The van der Waals surface area contributed by atoms with E-state index in [0.29, 0.717) is 48.9 Å². The van der Waals surface area contributed by atoms with Gasteiger partial charge in [0, 0.05) is 31.9 Å². The Morgan fingerprint density at radius 3 is 2.48 bits per heavy atom. The molecule has 0 aliphatic carbocycles. The molecule has 1 unspecified atom stereocenters. The molecule has 2 fully saturated rings. The number of nitrogens with zero attached hydrogens (tertiary/aromatic N) is 3. The molecule has 0 saturated carbocycles. The topological polar surface area (TPSA) is 108 Å². The highest BCUT2D eigenvalue weighted by Gasteiger charge is 2.46. The van der Waals surface area contributed by atoms with Gasteiger partial charge in [-0.2, -0.15) is 5.10 Å². The number of Topliss-reactive ketones (excluding diaryl/α,β-unsaturated/α-hetero) is 1. The molecule has 0 spiro atoms. The number of benzene rings is 1. The zero-order valence-electron chi connectivity index (χ0n) is 19.3. The van der Waals surface area contributed by atoms with Gasteiger partial charge in [-0.1, -0.05) is 12.1 Å². The van der Waals surface area contributed by atoms with Gasteiger partial charge in [-0.05, 0) is 38.0 Å². The first-order chi connectivity index (χ1) is 15.9. The number of hydrogen-bond donors (Lipinski definition) is 2. The average molecular weight is 455 g/mol. The Morgan fingerprint density at radius 2 is 1.88 bits per heavy atom. The molecule has 9 heteroatoms. The third kappa shape index (κ3) is 4.51. The molecule has 1 aromatic heterocycles. The molecule has 2 aliphatic rings. The van der Waals surface area contributed by atoms with E-state index >= 15 is 0 Å². The van der Waals surface area contributed by atoms with E-state index in [0.717, 1.165) is 25.2 Å². The Hall–Kier alpha value is -3.17. The smallest absolute Gasteiger partial charge is 0.295 e. The highest BCUT2D eigenvalue weighted by molar-refractivity contribution is 6.46. The van der Waals surface area contributed by atoms with Crippen molar-refractivity contribution in [2.24, 2.45) is 0 Å². The van der Waals surface area contributed by atoms with Crippen LogP contribution in [0.5, 0.6) is 5.75 Å². The van der Waals surface area contributed by atoms with E-state index in [1.807, 2.05) is 12.1 Å².